The Morgan fingerprint density at radius 1 is 0.760 bits per heavy atom. The standard InChI is InChI=1S/C15H31NO5.2C2H6/c1-4-16-5-6-18-7-8-19-9-10-20-11-12-21-13-15(17)14(2)3;2*1-2/h14,16H,4-13H2,1-3H3;2*1-2H3. The number of hydrogen-bond donors (Lipinski definition) is 1. The third kappa shape index (κ3) is 28.5. The minimum atomic E-state index is 0.0271. The fourth-order valence-corrected chi connectivity index (χ4v) is 1.32. The molecule has 0 saturated carbocycles. The normalized spacial score (nSPS) is 9.92. The van der Waals surface area contributed by atoms with E-state index >= 15 is 0 Å². The van der Waals surface area contributed by atoms with Crippen molar-refractivity contribution in [2.24, 2.45) is 5.92 Å². The lowest BCUT2D eigenvalue weighted by molar-refractivity contribution is -0.127. The van der Waals surface area contributed by atoms with Crippen molar-refractivity contribution in [1.82, 2.24) is 5.32 Å². The molecular formula is C19H43NO5. The maximum absolute atomic E-state index is 11.3. The lowest BCUT2D eigenvalue weighted by atomic mass is 10.1. The Kier molecular flexibility index (Phi) is 33.1. The maximum Gasteiger partial charge on any atom is 0.160 e. The SMILES string of the molecule is CC.CC.CCNCCOCCOCCOCCOCC(=O)C(C)C. The molecule has 0 aliphatic carbocycles. The molecule has 154 valence electrons. The van der Waals surface area contributed by atoms with Crippen molar-refractivity contribution in [2.45, 2.75) is 48.5 Å². The molecule has 1 N–H and O–H groups in total. The van der Waals surface area contributed by atoms with Gasteiger partial charge in [0.05, 0.1) is 46.2 Å². The topological polar surface area (TPSA) is 66.0 Å². The Morgan fingerprint density at radius 3 is 1.56 bits per heavy atom. The van der Waals surface area contributed by atoms with Gasteiger partial charge in [-0.15, -0.1) is 0 Å². The molecule has 0 spiro atoms. The molecule has 0 unspecified atom stereocenters. The molecule has 0 aliphatic rings. The Hall–Kier alpha value is -0.530. The van der Waals surface area contributed by atoms with Gasteiger partial charge in [0.15, 0.2) is 5.78 Å². The van der Waals surface area contributed by atoms with Gasteiger partial charge < -0.3 is 24.3 Å². The van der Waals surface area contributed by atoms with Crippen LogP contribution in [-0.2, 0) is 23.7 Å². The molecule has 0 fully saturated rings. The first-order valence-corrected chi connectivity index (χ1v) is 9.72. The zero-order valence-electron chi connectivity index (χ0n) is 17.7. The van der Waals surface area contributed by atoms with Gasteiger partial charge in [-0.05, 0) is 6.54 Å². The molecule has 6 nitrogen and oxygen atoms in total. The largest absolute Gasteiger partial charge is 0.378 e. The number of likely N-dealkylation sites (N-methyl/N-ethyl adjacent to an activating group) is 1. The van der Waals surface area contributed by atoms with Crippen LogP contribution in [0.3, 0.4) is 0 Å². The average Bonchev–Trinajstić information content (AvgIpc) is 2.65. The van der Waals surface area contributed by atoms with Crippen molar-refractivity contribution in [3.63, 3.8) is 0 Å². The van der Waals surface area contributed by atoms with E-state index in [2.05, 4.69) is 12.2 Å². The summed E-state index contributed by atoms with van der Waals surface area (Å²) in [6.07, 6.45) is 0. The van der Waals surface area contributed by atoms with Gasteiger partial charge in [0.25, 0.3) is 0 Å². The van der Waals surface area contributed by atoms with Gasteiger partial charge in [0.2, 0.25) is 0 Å². The third-order valence-corrected chi connectivity index (χ3v) is 2.68. The van der Waals surface area contributed by atoms with Crippen LogP contribution in [0, 0.1) is 5.92 Å². The van der Waals surface area contributed by atoms with E-state index in [0.29, 0.717) is 46.2 Å². The van der Waals surface area contributed by atoms with Crippen LogP contribution >= 0.6 is 0 Å². The number of ether oxygens (including phenoxy) is 4. The number of carbonyl (C=O) groups excluding carboxylic acids is 1. The van der Waals surface area contributed by atoms with Gasteiger partial charge in [-0.3, -0.25) is 4.79 Å². The van der Waals surface area contributed by atoms with Crippen LogP contribution < -0.4 is 5.32 Å². The second kappa shape index (κ2) is 28.3. The Balaban J connectivity index is -0.00000112. The molecule has 0 aromatic carbocycles. The van der Waals surface area contributed by atoms with Crippen LogP contribution in [0.2, 0.25) is 0 Å². The molecule has 0 saturated heterocycles. The lowest BCUT2D eigenvalue weighted by Gasteiger charge is -2.08. The second-order valence-electron chi connectivity index (χ2n) is 4.86. The molecule has 6 heteroatoms. The van der Waals surface area contributed by atoms with Gasteiger partial charge in [-0.1, -0.05) is 48.5 Å². The summed E-state index contributed by atoms with van der Waals surface area (Å²) >= 11 is 0. The van der Waals surface area contributed by atoms with Crippen molar-refractivity contribution < 1.29 is 23.7 Å². The fourth-order valence-electron chi connectivity index (χ4n) is 1.32. The zero-order valence-corrected chi connectivity index (χ0v) is 17.7. The van der Waals surface area contributed by atoms with Crippen molar-refractivity contribution >= 4 is 5.78 Å². The molecular weight excluding hydrogens is 322 g/mol. The summed E-state index contributed by atoms with van der Waals surface area (Å²) in [4.78, 5) is 11.3. The van der Waals surface area contributed by atoms with E-state index < -0.39 is 0 Å². The van der Waals surface area contributed by atoms with E-state index in [1.807, 2.05) is 41.5 Å². The highest BCUT2D eigenvalue weighted by Crippen LogP contribution is 1.94. The minimum absolute atomic E-state index is 0.0271. The lowest BCUT2D eigenvalue weighted by Crippen LogP contribution is -2.20. The summed E-state index contributed by atoms with van der Waals surface area (Å²) in [6.45, 7) is 19.7. The average molecular weight is 366 g/mol. The smallest absolute Gasteiger partial charge is 0.160 e. The molecule has 0 aliphatic heterocycles. The van der Waals surface area contributed by atoms with Gasteiger partial charge in [-0.25, -0.2) is 0 Å². The van der Waals surface area contributed by atoms with Gasteiger partial charge in [0, 0.05) is 12.5 Å². The first kappa shape index (κ1) is 29.2. The Labute approximate surface area is 155 Å². The van der Waals surface area contributed by atoms with E-state index in [0.717, 1.165) is 13.1 Å². The quantitative estimate of drug-likeness (QED) is 0.424. The van der Waals surface area contributed by atoms with Crippen LogP contribution in [0.25, 0.3) is 0 Å². The summed E-state index contributed by atoms with van der Waals surface area (Å²) in [7, 11) is 0. The van der Waals surface area contributed by atoms with Crippen molar-refractivity contribution in [3.8, 4) is 0 Å². The number of rotatable bonds is 16. The molecule has 0 atom stereocenters. The minimum Gasteiger partial charge on any atom is -0.378 e. The Bertz CT molecular complexity index is 238. The van der Waals surface area contributed by atoms with Gasteiger partial charge in [0.1, 0.15) is 6.61 Å². The summed E-state index contributed by atoms with van der Waals surface area (Å²) in [6, 6.07) is 0. The molecule has 0 aromatic heterocycles. The van der Waals surface area contributed by atoms with Crippen LogP contribution in [0.4, 0.5) is 0 Å². The first-order chi connectivity index (χ1) is 12.2. The number of hydrogen-bond acceptors (Lipinski definition) is 6. The number of ketones is 1. The maximum atomic E-state index is 11.3. The first-order valence-electron chi connectivity index (χ1n) is 9.72. The van der Waals surface area contributed by atoms with Crippen LogP contribution in [-0.4, -0.2) is 71.7 Å². The van der Waals surface area contributed by atoms with Crippen molar-refractivity contribution in [2.75, 3.05) is 65.9 Å². The zero-order chi connectivity index (χ0) is 19.8. The van der Waals surface area contributed by atoms with Crippen molar-refractivity contribution in [3.05, 3.63) is 0 Å². The molecule has 0 radical (unpaired) electrons. The molecule has 0 aromatic rings. The fraction of sp³-hybridized carbons (Fsp3) is 0.947. The summed E-state index contributed by atoms with van der Waals surface area (Å²) in [5.74, 6) is 0.145. The van der Waals surface area contributed by atoms with E-state index in [-0.39, 0.29) is 18.3 Å². The molecule has 0 rings (SSSR count). The number of nitrogens with one attached hydrogen (secondary N) is 1. The monoisotopic (exact) mass is 365 g/mol. The van der Waals surface area contributed by atoms with E-state index in [4.69, 9.17) is 18.9 Å². The highest BCUT2D eigenvalue weighted by molar-refractivity contribution is 5.81. The van der Waals surface area contributed by atoms with Crippen molar-refractivity contribution in [1.29, 1.82) is 0 Å². The molecule has 0 heterocycles. The third-order valence-electron chi connectivity index (χ3n) is 2.68. The van der Waals surface area contributed by atoms with E-state index in [9.17, 15) is 4.79 Å². The van der Waals surface area contributed by atoms with E-state index in [1.165, 1.54) is 0 Å². The summed E-state index contributed by atoms with van der Waals surface area (Å²) < 4.78 is 21.2. The molecule has 0 bridgehead atoms. The summed E-state index contributed by atoms with van der Waals surface area (Å²) in [5.41, 5.74) is 0. The number of carbonyl (C=O) groups is 1. The molecule has 0 amide bonds. The highest BCUT2D eigenvalue weighted by atomic mass is 16.6. The van der Waals surface area contributed by atoms with Crippen LogP contribution in [0.5, 0.6) is 0 Å². The van der Waals surface area contributed by atoms with Gasteiger partial charge in [-0.2, -0.15) is 0 Å². The number of Topliss-reactive ketones (excluding diaryl/α,β-unsaturated/α-hetero) is 1. The van der Waals surface area contributed by atoms with E-state index in [1.54, 1.807) is 0 Å². The van der Waals surface area contributed by atoms with Crippen LogP contribution in [0.1, 0.15) is 48.5 Å². The highest BCUT2D eigenvalue weighted by Gasteiger charge is 2.06. The predicted octanol–water partition coefficient (Wildman–Crippen LogP) is 2.94. The van der Waals surface area contributed by atoms with Gasteiger partial charge >= 0.3 is 0 Å². The molecule has 25 heavy (non-hydrogen) atoms. The van der Waals surface area contributed by atoms with Crippen LogP contribution in [0.15, 0.2) is 0 Å². The summed E-state index contributed by atoms with van der Waals surface area (Å²) in [5, 5.41) is 3.18. The second-order valence-corrected chi connectivity index (χ2v) is 4.86. The predicted molar refractivity (Wildman–Crippen MR) is 104 cm³/mol. The Morgan fingerprint density at radius 2 is 1.16 bits per heavy atom.